The number of carbonyl (C=O) groups excluding carboxylic acids is 1. The van der Waals surface area contributed by atoms with E-state index in [4.69, 9.17) is 9.05 Å². The average molecular weight is 208 g/mol. The molecule has 0 unspecified atom stereocenters. The van der Waals surface area contributed by atoms with Crippen LogP contribution in [0, 0.1) is 0 Å². The quantitative estimate of drug-likeness (QED) is 0.642. The Labute approximate surface area is 77.0 Å². The largest absolute Gasteiger partial charge is 0.438 e. The highest BCUT2D eigenvalue weighted by Crippen LogP contribution is 2.51. The maximum Gasteiger partial charge on any atom is 0.438 e. The monoisotopic (exact) mass is 208 g/mol. The first-order valence-corrected chi connectivity index (χ1v) is 5.29. The van der Waals surface area contributed by atoms with Gasteiger partial charge in [-0.05, 0) is 0 Å². The van der Waals surface area contributed by atoms with Crippen LogP contribution in [0.4, 0.5) is 4.79 Å². The Hall–Kier alpha value is -0.580. The molecule has 7 heteroatoms. The lowest BCUT2D eigenvalue weighted by molar-refractivity contribution is 0.192. The lowest BCUT2D eigenvalue weighted by Crippen LogP contribution is -2.28. The molecular weight excluding hydrogens is 195 g/mol. The highest BCUT2D eigenvalue weighted by atomic mass is 31.2. The third-order valence-electron chi connectivity index (χ3n) is 1.95. The van der Waals surface area contributed by atoms with Crippen molar-refractivity contribution >= 4 is 13.8 Å². The molecule has 0 radical (unpaired) electrons. The molecule has 1 heterocycles. The van der Waals surface area contributed by atoms with Crippen LogP contribution in [0.15, 0.2) is 0 Å². The molecule has 1 aliphatic heterocycles. The standard InChI is InChI=1S/C6H13N2O4P/c1-7-4-5-8(6(7)9)13(10,11-2)12-3/h4-5H2,1-3H3. The first kappa shape index (κ1) is 10.5. The molecule has 0 aromatic rings. The number of hydrogen-bond acceptors (Lipinski definition) is 4. The zero-order chi connectivity index (χ0) is 10.1. The van der Waals surface area contributed by atoms with Crippen molar-refractivity contribution in [3.05, 3.63) is 0 Å². The van der Waals surface area contributed by atoms with E-state index < -0.39 is 7.75 Å². The van der Waals surface area contributed by atoms with Gasteiger partial charge in [0.15, 0.2) is 0 Å². The molecule has 76 valence electrons. The van der Waals surface area contributed by atoms with Crippen LogP contribution in [0.2, 0.25) is 0 Å². The van der Waals surface area contributed by atoms with Gasteiger partial charge in [-0.1, -0.05) is 0 Å². The van der Waals surface area contributed by atoms with Crippen LogP contribution in [0.25, 0.3) is 0 Å². The molecule has 0 saturated carbocycles. The second-order valence-electron chi connectivity index (χ2n) is 2.66. The zero-order valence-electron chi connectivity index (χ0n) is 7.89. The normalized spacial score (nSPS) is 18.5. The fourth-order valence-electron chi connectivity index (χ4n) is 1.13. The summed E-state index contributed by atoms with van der Waals surface area (Å²) in [6.07, 6.45) is 0. The molecule has 0 aliphatic carbocycles. The van der Waals surface area contributed by atoms with Gasteiger partial charge in [0.2, 0.25) is 0 Å². The topological polar surface area (TPSA) is 59.1 Å². The first-order chi connectivity index (χ1) is 6.05. The molecule has 0 bridgehead atoms. The molecule has 1 saturated heterocycles. The number of nitrogens with zero attached hydrogens (tertiary/aromatic N) is 2. The molecule has 0 spiro atoms. The Morgan fingerprint density at radius 2 is 1.85 bits per heavy atom. The van der Waals surface area contributed by atoms with E-state index >= 15 is 0 Å². The molecule has 2 amide bonds. The minimum Gasteiger partial charge on any atom is -0.326 e. The number of amides is 2. The van der Waals surface area contributed by atoms with Crippen molar-refractivity contribution in [3.8, 4) is 0 Å². The van der Waals surface area contributed by atoms with Crippen molar-refractivity contribution in [2.45, 2.75) is 0 Å². The highest BCUT2D eigenvalue weighted by Gasteiger charge is 2.40. The van der Waals surface area contributed by atoms with Gasteiger partial charge in [0.05, 0.1) is 6.54 Å². The zero-order valence-corrected chi connectivity index (χ0v) is 8.78. The molecule has 1 aliphatic rings. The molecule has 13 heavy (non-hydrogen) atoms. The summed E-state index contributed by atoms with van der Waals surface area (Å²) in [6, 6.07) is -0.327. The highest BCUT2D eigenvalue weighted by molar-refractivity contribution is 7.52. The molecule has 1 rings (SSSR count). The van der Waals surface area contributed by atoms with Crippen molar-refractivity contribution in [1.82, 2.24) is 9.57 Å². The molecule has 6 nitrogen and oxygen atoms in total. The van der Waals surface area contributed by atoms with Gasteiger partial charge in [0.25, 0.3) is 0 Å². The predicted octanol–water partition coefficient (Wildman–Crippen LogP) is 0.755. The van der Waals surface area contributed by atoms with E-state index in [0.717, 1.165) is 4.67 Å². The molecule has 0 aromatic carbocycles. The van der Waals surface area contributed by atoms with E-state index in [1.807, 2.05) is 0 Å². The van der Waals surface area contributed by atoms with Crippen molar-refractivity contribution in [2.24, 2.45) is 0 Å². The first-order valence-electron chi connectivity index (χ1n) is 3.80. The number of carbonyl (C=O) groups is 1. The van der Waals surface area contributed by atoms with E-state index in [1.165, 1.54) is 19.1 Å². The van der Waals surface area contributed by atoms with Gasteiger partial charge in [0, 0.05) is 27.8 Å². The van der Waals surface area contributed by atoms with E-state index in [1.54, 1.807) is 7.05 Å². The van der Waals surface area contributed by atoms with Crippen molar-refractivity contribution < 1.29 is 18.4 Å². The van der Waals surface area contributed by atoms with E-state index in [0.29, 0.717) is 13.1 Å². The van der Waals surface area contributed by atoms with E-state index in [2.05, 4.69) is 0 Å². The minimum absolute atomic E-state index is 0.327. The Morgan fingerprint density at radius 3 is 2.15 bits per heavy atom. The number of rotatable bonds is 3. The van der Waals surface area contributed by atoms with Gasteiger partial charge in [-0.25, -0.2) is 14.0 Å². The summed E-state index contributed by atoms with van der Waals surface area (Å²) in [5.41, 5.74) is 0. The average Bonchev–Trinajstić information content (AvgIpc) is 2.47. The number of likely N-dealkylation sites (N-methyl/N-ethyl adjacent to an activating group) is 1. The number of urea groups is 1. The predicted molar refractivity (Wildman–Crippen MR) is 46.4 cm³/mol. The van der Waals surface area contributed by atoms with Gasteiger partial charge >= 0.3 is 13.8 Å². The van der Waals surface area contributed by atoms with Crippen LogP contribution in [0.3, 0.4) is 0 Å². The lowest BCUT2D eigenvalue weighted by atomic mass is 10.7. The molecule has 1 fully saturated rings. The van der Waals surface area contributed by atoms with Gasteiger partial charge in [-0.3, -0.25) is 9.05 Å². The molecule has 0 atom stereocenters. The van der Waals surface area contributed by atoms with Gasteiger partial charge in [-0.2, -0.15) is 0 Å². The molecule has 0 N–H and O–H groups in total. The Bertz CT molecular complexity index is 249. The Kier molecular flexibility index (Phi) is 2.95. The fraction of sp³-hybridized carbons (Fsp3) is 0.833. The molecular formula is C6H13N2O4P. The van der Waals surface area contributed by atoms with Gasteiger partial charge < -0.3 is 4.90 Å². The van der Waals surface area contributed by atoms with Crippen LogP contribution in [0.5, 0.6) is 0 Å². The summed E-state index contributed by atoms with van der Waals surface area (Å²) in [7, 11) is 0.776. The summed E-state index contributed by atoms with van der Waals surface area (Å²) in [6.45, 7) is 0.907. The summed E-state index contributed by atoms with van der Waals surface area (Å²) in [4.78, 5) is 12.9. The van der Waals surface area contributed by atoms with Crippen LogP contribution in [-0.2, 0) is 13.6 Å². The van der Waals surface area contributed by atoms with E-state index in [-0.39, 0.29) is 6.03 Å². The summed E-state index contributed by atoms with van der Waals surface area (Å²) in [5, 5.41) is 0. The maximum atomic E-state index is 11.7. The third kappa shape index (κ3) is 1.70. The summed E-state index contributed by atoms with van der Waals surface area (Å²) >= 11 is 0. The van der Waals surface area contributed by atoms with Gasteiger partial charge in [-0.15, -0.1) is 0 Å². The van der Waals surface area contributed by atoms with Crippen molar-refractivity contribution in [3.63, 3.8) is 0 Å². The second-order valence-corrected chi connectivity index (χ2v) is 4.81. The smallest absolute Gasteiger partial charge is 0.326 e. The van der Waals surface area contributed by atoms with Crippen LogP contribution < -0.4 is 0 Å². The molecule has 0 aromatic heterocycles. The maximum absolute atomic E-state index is 11.7. The second kappa shape index (κ2) is 3.65. The Balaban J connectivity index is 2.83. The Morgan fingerprint density at radius 1 is 1.31 bits per heavy atom. The van der Waals surface area contributed by atoms with E-state index in [9.17, 15) is 9.36 Å². The van der Waals surface area contributed by atoms with Crippen molar-refractivity contribution in [2.75, 3.05) is 34.4 Å². The van der Waals surface area contributed by atoms with Crippen LogP contribution in [0.1, 0.15) is 0 Å². The lowest BCUT2D eigenvalue weighted by Gasteiger charge is -2.22. The summed E-state index contributed by atoms with van der Waals surface area (Å²) in [5.74, 6) is 0. The van der Waals surface area contributed by atoms with Crippen LogP contribution >= 0.6 is 7.75 Å². The van der Waals surface area contributed by atoms with Crippen molar-refractivity contribution in [1.29, 1.82) is 0 Å². The minimum atomic E-state index is -3.38. The third-order valence-corrected chi connectivity index (χ3v) is 3.84. The fourth-order valence-corrected chi connectivity index (χ4v) is 2.37. The SMILES string of the molecule is COP(=O)(OC)N1CCN(C)C1=O. The van der Waals surface area contributed by atoms with Gasteiger partial charge in [0.1, 0.15) is 0 Å². The summed E-state index contributed by atoms with van der Waals surface area (Å²) < 4.78 is 22.3. The number of hydrogen-bond donors (Lipinski definition) is 0. The van der Waals surface area contributed by atoms with Crippen LogP contribution in [-0.4, -0.2) is 50.0 Å².